The molecule has 0 radical (unpaired) electrons. The van der Waals surface area contributed by atoms with Crippen LogP contribution in [0.25, 0.3) is 0 Å². The molecule has 0 aromatic heterocycles. The van der Waals surface area contributed by atoms with Gasteiger partial charge in [-0.15, -0.1) is 0 Å². The standard InChI is InChI=1S/C12H23N3.C2H6/c1-13-6-3-11(4-7-13)15-8-5-12(15)9-14(2)10-12;1-2/h11H,3-10H2,1-2H3;1-2H3. The first-order valence-corrected chi connectivity index (χ1v) is 7.33. The fourth-order valence-electron chi connectivity index (χ4n) is 3.73. The quantitative estimate of drug-likeness (QED) is 0.686. The topological polar surface area (TPSA) is 9.72 Å². The molecule has 0 aromatic carbocycles. The maximum atomic E-state index is 2.82. The van der Waals surface area contributed by atoms with Gasteiger partial charge >= 0.3 is 0 Å². The van der Waals surface area contributed by atoms with Crippen molar-refractivity contribution in [1.29, 1.82) is 0 Å². The zero-order valence-corrected chi connectivity index (χ0v) is 12.1. The molecular formula is C14H29N3. The summed E-state index contributed by atoms with van der Waals surface area (Å²) in [5.74, 6) is 0. The Hall–Kier alpha value is -0.120. The summed E-state index contributed by atoms with van der Waals surface area (Å²) in [6.45, 7) is 10.6. The van der Waals surface area contributed by atoms with Crippen molar-refractivity contribution in [2.24, 2.45) is 0 Å². The van der Waals surface area contributed by atoms with Gasteiger partial charge in [-0.3, -0.25) is 4.90 Å². The Bertz CT molecular complexity index is 240. The molecule has 0 bridgehead atoms. The van der Waals surface area contributed by atoms with Gasteiger partial charge in [0, 0.05) is 31.2 Å². The molecule has 0 aromatic rings. The second-order valence-electron chi connectivity index (χ2n) is 5.87. The predicted octanol–water partition coefficient (Wildman–Crippen LogP) is 1.50. The van der Waals surface area contributed by atoms with Crippen LogP contribution in [0, 0.1) is 0 Å². The Morgan fingerprint density at radius 3 is 1.88 bits per heavy atom. The largest absolute Gasteiger partial charge is 0.306 e. The lowest BCUT2D eigenvalue weighted by Crippen LogP contribution is -2.78. The Kier molecular flexibility index (Phi) is 4.11. The van der Waals surface area contributed by atoms with E-state index in [1.165, 1.54) is 52.0 Å². The highest BCUT2D eigenvalue weighted by Gasteiger charge is 2.54. The van der Waals surface area contributed by atoms with Crippen LogP contribution >= 0.6 is 0 Å². The van der Waals surface area contributed by atoms with Crippen LogP contribution in [-0.2, 0) is 0 Å². The monoisotopic (exact) mass is 239 g/mol. The van der Waals surface area contributed by atoms with Crippen molar-refractivity contribution in [2.75, 3.05) is 46.8 Å². The van der Waals surface area contributed by atoms with E-state index in [4.69, 9.17) is 0 Å². The number of hydrogen-bond donors (Lipinski definition) is 0. The van der Waals surface area contributed by atoms with Crippen molar-refractivity contribution >= 4 is 0 Å². The minimum atomic E-state index is 0.620. The Balaban J connectivity index is 0.000000514. The number of hydrogen-bond acceptors (Lipinski definition) is 3. The average molecular weight is 239 g/mol. The summed E-state index contributed by atoms with van der Waals surface area (Å²) in [6.07, 6.45) is 4.23. The maximum Gasteiger partial charge on any atom is 0.0478 e. The molecular weight excluding hydrogens is 210 g/mol. The fraction of sp³-hybridized carbons (Fsp3) is 1.00. The summed E-state index contributed by atoms with van der Waals surface area (Å²) in [5.41, 5.74) is 0.620. The second kappa shape index (κ2) is 5.25. The van der Waals surface area contributed by atoms with Crippen molar-refractivity contribution in [1.82, 2.24) is 14.7 Å². The first kappa shape index (κ1) is 13.3. The van der Waals surface area contributed by atoms with Gasteiger partial charge < -0.3 is 9.80 Å². The summed E-state index contributed by atoms with van der Waals surface area (Å²) in [6, 6.07) is 0.892. The number of nitrogens with zero attached hydrogens (tertiary/aromatic N) is 3. The lowest BCUT2D eigenvalue weighted by Gasteiger charge is -2.65. The molecule has 3 heterocycles. The van der Waals surface area contributed by atoms with Gasteiger partial charge in [-0.1, -0.05) is 13.8 Å². The van der Waals surface area contributed by atoms with E-state index < -0.39 is 0 Å². The van der Waals surface area contributed by atoms with Crippen LogP contribution in [0.3, 0.4) is 0 Å². The first-order valence-electron chi connectivity index (χ1n) is 7.33. The molecule has 3 rings (SSSR count). The van der Waals surface area contributed by atoms with Gasteiger partial charge in [-0.25, -0.2) is 0 Å². The van der Waals surface area contributed by atoms with Crippen LogP contribution in [0.4, 0.5) is 0 Å². The van der Waals surface area contributed by atoms with E-state index in [0.717, 1.165) is 6.04 Å². The van der Waals surface area contributed by atoms with Crippen LogP contribution in [0.15, 0.2) is 0 Å². The minimum absolute atomic E-state index is 0.620. The summed E-state index contributed by atoms with van der Waals surface area (Å²) < 4.78 is 0. The number of piperidine rings is 1. The van der Waals surface area contributed by atoms with Crippen molar-refractivity contribution in [2.45, 2.75) is 44.7 Å². The van der Waals surface area contributed by atoms with Crippen molar-refractivity contribution in [3.63, 3.8) is 0 Å². The van der Waals surface area contributed by atoms with Crippen LogP contribution < -0.4 is 0 Å². The molecule has 0 saturated carbocycles. The number of likely N-dealkylation sites (tertiary alicyclic amines) is 3. The third-order valence-electron chi connectivity index (χ3n) is 4.68. The lowest BCUT2D eigenvalue weighted by molar-refractivity contribution is -0.143. The molecule has 3 aliphatic heterocycles. The molecule has 3 nitrogen and oxygen atoms in total. The van der Waals surface area contributed by atoms with E-state index in [1.807, 2.05) is 13.8 Å². The Labute approximate surface area is 107 Å². The fourth-order valence-corrected chi connectivity index (χ4v) is 3.73. The Morgan fingerprint density at radius 1 is 0.882 bits per heavy atom. The van der Waals surface area contributed by atoms with E-state index in [0.29, 0.717) is 5.54 Å². The molecule has 3 saturated heterocycles. The summed E-state index contributed by atoms with van der Waals surface area (Å²) in [5, 5.41) is 0. The third-order valence-corrected chi connectivity index (χ3v) is 4.68. The first-order chi connectivity index (χ1) is 8.20. The molecule has 3 fully saturated rings. The zero-order valence-electron chi connectivity index (χ0n) is 12.1. The summed E-state index contributed by atoms with van der Waals surface area (Å²) in [7, 11) is 4.50. The average Bonchev–Trinajstić information content (AvgIpc) is 2.29. The molecule has 3 heteroatoms. The number of likely N-dealkylation sites (N-methyl/N-ethyl adjacent to an activating group) is 1. The SMILES string of the molecule is CC.CN1CCC(N2CCC23CN(C)C3)CC1. The van der Waals surface area contributed by atoms with Crippen molar-refractivity contribution < 1.29 is 0 Å². The van der Waals surface area contributed by atoms with Gasteiger partial charge in [0.2, 0.25) is 0 Å². The van der Waals surface area contributed by atoms with Crippen LogP contribution in [0.1, 0.15) is 33.1 Å². The van der Waals surface area contributed by atoms with E-state index >= 15 is 0 Å². The zero-order chi connectivity index (χ0) is 12.5. The second-order valence-corrected chi connectivity index (χ2v) is 5.87. The van der Waals surface area contributed by atoms with E-state index in [9.17, 15) is 0 Å². The van der Waals surface area contributed by atoms with Crippen LogP contribution in [0.5, 0.6) is 0 Å². The smallest absolute Gasteiger partial charge is 0.0478 e. The molecule has 0 atom stereocenters. The summed E-state index contributed by atoms with van der Waals surface area (Å²) >= 11 is 0. The third kappa shape index (κ3) is 2.38. The molecule has 0 aliphatic carbocycles. The molecule has 17 heavy (non-hydrogen) atoms. The molecule has 3 aliphatic rings. The molecule has 0 amide bonds. The highest BCUT2D eigenvalue weighted by Crippen LogP contribution is 2.41. The number of rotatable bonds is 1. The minimum Gasteiger partial charge on any atom is -0.306 e. The van der Waals surface area contributed by atoms with Gasteiger partial charge in [0.25, 0.3) is 0 Å². The van der Waals surface area contributed by atoms with Crippen LogP contribution in [-0.4, -0.2) is 73.1 Å². The van der Waals surface area contributed by atoms with Crippen molar-refractivity contribution in [3.05, 3.63) is 0 Å². The molecule has 0 N–H and O–H groups in total. The highest BCUT2D eigenvalue weighted by molar-refractivity contribution is 5.11. The van der Waals surface area contributed by atoms with Gasteiger partial charge in [0.05, 0.1) is 0 Å². The van der Waals surface area contributed by atoms with E-state index in [2.05, 4.69) is 28.8 Å². The lowest BCUT2D eigenvalue weighted by atomic mass is 9.75. The van der Waals surface area contributed by atoms with Crippen LogP contribution in [0.2, 0.25) is 0 Å². The predicted molar refractivity (Wildman–Crippen MR) is 73.4 cm³/mol. The molecule has 1 spiro atoms. The summed E-state index contributed by atoms with van der Waals surface area (Å²) in [4.78, 5) is 7.75. The van der Waals surface area contributed by atoms with Gasteiger partial charge in [0.1, 0.15) is 0 Å². The Morgan fingerprint density at radius 2 is 1.47 bits per heavy atom. The van der Waals surface area contributed by atoms with Crippen molar-refractivity contribution in [3.8, 4) is 0 Å². The molecule has 100 valence electrons. The van der Waals surface area contributed by atoms with Gasteiger partial charge in [0.15, 0.2) is 0 Å². The van der Waals surface area contributed by atoms with Gasteiger partial charge in [-0.05, 0) is 46.4 Å². The molecule has 0 unspecified atom stereocenters. The normalized spacial score (nSPS) is 30.4. The van der Waals surface area contributed by atoms with E-state index in [1.54, 1.807) is 0 Å². The van der Waals surface area contributed by atoms with E-state index in [-0.39, 0.29) is 0 Å². The highest BCUT2D eigenvalue weighted by atomic mass is 15.4. The van der Waals surface area contributed by atoms with Gasteiger partial charge in [-0.2, -0.15) is 0 Å². The maximum absolute atomic E-state index is 2.82.